The number of likely N-dealkylation sites (N-methyl/N-ethyl adjacent to an activating group) is 1. The molecule has 0 aliphatic heterocycles. The quantitative estimate of drug-likeness (QED) is 0.159. The zero-order valence-corrected chi connectivity index (χ0v) is 19.4. The van der Waals surface area contributed by atoms with Crippen molar-refractivity contribution in [3.8, 4) is 0 Å². The third-order valence-electron chi connectivity index (χ3n) is 3.95. The highest BCUT2D eigenvalue weighted by molar-refractivity contribution is 7.47. The molecule has 0 rings (SSSR count). The summed E-state index contributed by atoms with van der Waals surface area (Å²) in [7, 11) is 1.46. The second-order valence-electron chi connectivity index (χ2n) is 8.04. The molecular formula is C19H39NO8P+. The summed E-state index contributed by atoms with van der Waals surface area (Å²) >= 11 is 0. The number of carbonyl (C=O) groups excluding carboxylic acids is 2. The van der Waals surface area contributed by atoms with Crippen molar-refractivity contribution in [2.24, 2.45) is 0 Å². The smallest absolute Gasteiger partial charge is 0.462 e. The predicted molar refractivity (Wildman–Crippen MR) is 109 cm³/mol. The lowest BCUT2D eigenvalue weighted by Crippen LogP contribution is -2.37. The predicted octanol–water partition coefficient (Wildman–Crippen LogP) is 3.05. The topological polar surface area (TPSA) is 108 Å². The molecule has 0 aromatic rings. The maximum absolute atomic E-state index is 12.0. The van der Waals surface area contributed by atoms with Crippen molar-refractivity contribution < 1.29 is 42.1 Å². The van der Waals surface area contributed by atoms with Crippen LogP contribution in [0, 0.1) is 0 Å². The van der Waals surface area contributed by atoms with Gasteiger partial charge in [0.05, 0.1) is 27.7 Å². The van der Waals surface area contributed by atoms with E-state index in [1.54, 1.807) is 0 Å². The Morgan fingerprint density at radius 1 is 1.00 bits per heavy atom. The Morgan fingerprint density at radius 3 is 2.21 bits per heavy atom. The minimum Gasteiger partial charge on any atom is -0.462 e. The van der Waals surface area contributed by atoms with Gasteiger partial charge in [-0.25, -0.2) is 4.57 Å². The summed E-state index contributed by atoms with van der Waals surface area (Å²) in [5.41, 5.74) is 0. The first-order chi connectivity index (χ1) is 13.4. The summed E-state index contributed by atoms with van der Waals surface area (Å²) in [6.45, 7) is 3.25. The van der Waals surface area contributed by atoms with Gasteiger partial charge in [-0.3, -0.25) is 18.6 Å². The van der Waals surface area contributed by atoms with Crippen molar-refractivity contribution >= 4 is 19.8 Å². The Balaban J connectivity index is 4.40. The van der Waals surface area contributed by atoms with E-state index >= 15 is 0 Å². The average molecular weight is 440 g/mol. The molecule has 29 heavy (non-hydrogen) atoms. The van der Waals surface area contributed by atoms with Gasteiger partial charge in [0, 0.05) is 13.3 Å². The van der Waals surface area contributed by atoms with Gasteiger partial charge in [-0.2, -0.15) is 0 Å². The zero-order chi connectivity index (χ0) is 22.3. The van der Waals surface area contributed by atoms with E-state index in [1.165, 1.54) is 13.3 Å². The van der Waals surface area contributed by atoms with Gasteiger partial charge in [0.1, 0.15) is 19.8 Å². The summed E-state index contributed by atoms with van der Waals surface area (Å²) in [5, 5.41) is 0. The largest absolute Gasteiger partial charge is 0.472 e. The first-order valence-electron chi connectivity index (χ1n) is 10.2. The van der Waals surface area contributed by atoms with Crippen LogP contribution in [0.3, 0.4) is 0 Å². The van der Waals surface area contributed by atoms with Crippen molar-refractivity contribution in [2.45, 2.75) is 64.9 Å². The number of esters is 2. The van der Waals surface area contributed by atoms with Gasteiger partial charge < -0.3 is 18.9 Å². The molecule has 0 spiro atoms. The fraction of sp³-hybridized carbons (Fsp3) is 0.895. The SMILES string of the molecule is CCCCCCCCC(=O)O[C@H](COC(C)=O)COP(=O)(O)OCC[N+](C)(C)C. The first kappa shape index (κ1) is 28.0. The average Bonchev–Trinajstić information content (AvgIpc) is 2.59. The van der Waals surface area contributed by atoms with Gasteiger partial charge in [0.2, 0.25) is 0 Å². The molecule has 0 fully saturated rings. The Hall–Kier alpha value is -0.990. The van der Waals surface area contributed by atoms with E-state index < -0.39 is 32.5 Å². The van der Waals surface area contributed by atoms with E-state index in [0.717, 1.165) is 25.7 Å². The van der Waals surface area contributed by atoms with Gasteiger partial charge in [-0.15, -0.1) is 0 Å². The minimum absolute atomic E-state index is 0.0315. The standard InChI is InChI=1S/C19H38NO8P/c1-6-7-8-9-10-11-12-19(22)28-18(15-25-17(2)21)16-27-29(23,24)26-14-13-20(3,4)5/h18H,6-16H2,1-5H3/p+1/t18-/m1/s1. The van der Waals surface area contributed by atoms with Crippen LogP contribution in [0.25, 0.3) is 0 Å². The fourth-order valence-corrected chi connectivity index (χ4v) is 3.01. The molecule has 0 aromatic carbocycles. The molecule has 1 N–H and O–H groups in total. The molecule has 10 heteroatoms. The molecule has 0 heterocycles. The third kappa shape index (κ3) is 18.8. The summed E-state index contributed by atoms with van der Waals surface area (Å²) in [4.78, 5) is 32.8. The minimum atomic E-state index is -4.30. The van der Waals surface area contributed by atoms with Crippen LogP contribution in [-0.4, -0.2) is 74.9 Å². The zero-order valence-electron chi connectivity index (χ0n) is 18.6. The van der Waals surface area contributed by atoms with Crippen LogP contribution >= 0.6 is 7.82 Å². The lowest BCUT2D eigenvalue weighted by Gasteiger charge is -2.24. The van der Waals surface area contributed by atoms with Crippen molar-refractivity contribution in [1.29, 1.82) is 0 Å². The Kier molecular flexibility index (Phi) is 14.4. The molecule has 0 amide bonds. The number of rotatable bonds is 17. The highest BCUT2D eigenvalue weighted by Crippen LogP contribution is 2.43. The molecule has 0 aliphatic carbocycles. The van der Waals surface area contributed by atoms with Gasteiger partial charge in [0.15, 0.2) is 6.10 Å². The molecule has 0 aromatic heterocycles. The number of ether oxygens (including phenoxy) is 2. The molecule has 172 valence electrons. The van der Waals surface area contributed by atoms with Crippen molar-refractivity contribution in [3.05, 3.63) is 0 Å². The van der Waals surface area contributed by atoms with E-state index in [1.807, 2.05) is 21.1 Å². The molecule has 0 bridgehead atoms. The normalized spacial score (nSPS) is 14.8. The Morgan fingerprint density at radius 2 is 1.62 bits per heavy atom. The maximum Gasteiger partial charge on any atom is 0.472 e. The lowest BCUT2D eigenvalue weighted by atomic mass is 10.1. The number of phosphoric ester groups is 1. The van der Waals surface area contributed by atoms with Gasteiger partial charge in [-0.05, 0) is 6.42 Å². The monoisotopic (exact) mass is 440 g/mol. The highest BCUT2D eigenvalue weighted by atomic mass is 31.2. The molecule has 0 aliphatic rings. The Bertz CT molecular complexity index is 521. The van der Waals surface area contributed by atoms with Crippen LogP contribution in [0.1, 0.15) is 58.8 Å². The number of hydrogen-bond donors (Lipinski definition) is 1. The third-order valence-corrected chi connectivity index (χ3v) is 4.93. The molecular weight excluding hydrogens is 401 g/mol. The van der Waals surface area contributed by atoms with Gasteiger partial charge >= 0.3 is 19.8 Å². The fourth-order valence-electron chi connectivity index (χ4n) is 2.27. The molecule has 1 unspecified atom stereocenters. The van der Waals surface area contributed by atoms with E-state index in [0.29, 0.717) is 17.4 Å². The van der Waals surface area contributed by atoms with Crippen LogP contribution < -0.4 is 0 Å². The number of hydrogen-bond acceptors (Lipinski definition) is 7. The number of unbranched alkanes of at least 4 members (excludes halogenated alkanes) is 5. The summed E-state index contributed by atoms with van der Waals surface area (Å²) in [6.07, 6.45) is 5.46. The van der Waals surface area contributed by atoms with Crippen molar-refractivity contribution in [1.82, 2.24) is 0 Å². The lowest BCUT2D eigenvalue weighted by molar-refractivity contribution is -0.870. The molecule has 0 saturated carbocycles. The van der Waals surface area contributed by atoms with E-state index in [2.05, 4.69) is 6.92 Å². The highest BCUT2D eigenvalue weighted by Gasteiger charge is 2.26. The Labute approximate surface area is 174 Å². The van der Waals surface area contributed by atoms with Crippen molar-refractivity contribution in [2.75, 3.05) is 47.5 Å². The second-order valence-corrected chi connectivity index (χ2v) is 9.50. The summed E-state index contributed by atoms with van der Waals surface area (Å²) in [5.74, 6) is -1.01. The van der Waals surface area contributed by atoms with Crippen LogP contribution in [0.5, 0.6) is 0 Å². The van der Waals surface area contributed by atoms with Gasteiger partial charge in [0.25, 0.3) is 0 Å². The van der Waals surface area contributed by atoms with E-state index in [9.17, 15) is 19.0 Å². The number of carbonyl (C=O) groups is 2. The van der Waals surface area contributed by atoms with Crippen LogP contribution in [0.2, 0.25) is 0 Å². The first-order valence-corrected chi connectivity index (χ1v) is 11.7. The van der Waals surface area contributed by atoms with Gasteiger partial charge in [-0.1, -0.05) is 39.0 Å². The molecule has 2 atom stereocenters. The van der Waals surface area contributed by atoms with Crippen molar-refractivity contribution in [3.63, 3.8) is 0 Å². The van der Waals surface area contributed by atoms with Crippen LogP contribution in [-0.2, 0) is 32.7 Å². The summed E-state index contributed by atoms with van der Waals surface area (Å²) < 4.78 is 32.5. The van der Waals surface area contributed by atoms with Crippen LogP contribution in [0.15, 0.2) is 0 Å². The van der Waals surface area contributed by atoms with E-state index in [-0.39, 0.29) is 19.6 Å². The van der Waals surface area contributed by atoms with E-state index in [4.69, 9.17) is 18.5 Å². The van der Waals surface area contributed by atoms with Crippen LogP contribution in [0.4, 0.5) is 0 Å². The molecule has 9 nitrogen and oxygen atoms in total. The molecule has 0 saturated heterocycles. The second kappa shape index (κ2) is 14.9. The summed E-state index contributed by atoms with van der Waals surface area (Å²) in [6, 6.07) is 0. The maximum atomic E-state index is 12.0. The molecule has 0 radical (unpaired) electrons. The number of quaternary nitrogens is 1. The number of nitrogens with zero attached hydrogens (tertiary/aromatic N) is 1. The number of phosphoric acid groups is 1.